The zero-order valence-electron chi connectivity index (χ0n) is 18.7. The number of rotatable bonds is 8. The lowest BCUT2D eigenvalue weighted by Crippen LogP contribution is -2.38. The van der Waals surface area contributed by atoms with Crippen LogP contribution in [0.1, 0.15) is 37.3 Å². The van der Waals surface area contributed by atoms with Crippen molar-refractivity contribution in [2.75, 3.05) is 26.7 Å². The smallest absolute Gasteiger partial charge is 0.243 e. The van der Waals surface area contributed by atoms with Crippen molar-refractivity contribution < 1.29 is 13.2 Å². The van der Waals surface area contributed by atoms with Crippen LogP contribution in [-0.2, 0) is 23.1 Å². The number of aliphatic imine (C=N–C) groups is 1. The Kier molecular flexibility index (Phi) is 10.7. The minimum absolute atomic E-state index is 0. The Morgan fingerprint density at radius 2 is 1.81 bits per heavy atom. The standard InChI is InChI=1S/C23H32N4O3S.HI/c1-3-24-23(25-17-19-10-9-12-21(16-19)30-2)26-18-20-11-5-6-13-22(20)31(28,29)27-14-7-4-8-15-27;/h5-6,9-13,16H,3-4,7-8,14-15,17-18H2,1-2H3,(H2,24,25,26);1H. The highest BCUT2D eigenvalue weighted by Gasteiger charge is 2.27. The molecule has 1 fully saturated rings. The molecule has 3 rings (SSSR count). The molecule has 2 N–H and O–H groups in total. The first-order valence-corrected chi connectivity index (χ1v) is 12.2. The zero-order valence-corrected chi connectivity index (χ0v) is 21.9. The van der Waals surface area contributed by atoms with E-state index in [9.17, 15) is 8.42 Å². The number of sulfonamides is 1. The molecular weight excluding hydrogens is 539 g/mol. The molecule has 0 atom stereocenters. The van der Waals surface area contributed by atoms with Crippen molar-refractivity contribution in [1.82, 2.24) is 14.9 Å². The van der Waals surface area contributed by atoms with Crippen LogP contribution < -0.4 is 15.4 Å². The van der Waals surface area contributed by atoms with Gasteiger partial charge in [-0.3, -0.25) is 0 Å². The highest BCUT2D eigenvalue weighted by molar-refractivity contribution is 14.0. The van der Waals surface area contributed by atoms with Crippen molar-refractivity contribution in [3.63, 3.8) is 0 Å². The Labute approximate surface area is 208 Å². The van der Waals surface area contributed by atoms with Crippen molar-refractivity contribution in [2.45, 2.75) is 44.2 Å². The molecule has 0 amide bonds. The Hall–Kier alpha value is -1.85. The van der Waals surface area contributed by atoms with Crippen LogP contribution in [0.2, 0.25) is 0 Å². The topological polar surface area (TPSA) is 83.0 Å². The van der Waals surface area contributed by atoms with Crippen molar-refractivity contribution >= 4 is 40.0 Å². The second-order valence-electron chi connectivity index (χ2n) is 7.47. The molecule has 1 aliphatic heterocycles. The van der Waals surface area contributed by atoms with Crippen LogP contribution in [0.3, 0.4) is 0 Å². The minimum Gasteiger partial charge on any atom is -0.497 e. The Morgan fingerprint density at radius 3 is 2.53 bits per heavy atom. The van der Waals surface area contributed by atoms with E-state index in [1.165, 1.54) is 0 Å². The van der Waals surface area contributed by atoms with Gasteiger partial charge in [0.1, 0.15) is 5.75 Å². The fourth-order valence-corrected chi connectivity index (χ4v) is 5.35. The van der Waals surface area contributed by atoms with Gasteiger partial charge < -0.3 is 15.4 Å². The van der Waals surface area contributed by atoms with Gasteiger partial charge >= 0.3 is 0 Å². The van der Waals surface area contributed by atoms with Crippen molar-refractivity contribution in [3.05, 3.63) is 59.7 Å². The molecule has 1 saturated heterocycles. The van der Waals surface area contributed by atoms with Gasteiger partial charge in [0.05, 0.1) is 18.6 Å². The van der Waals surface area contributed by atoms with Crippen molar-refractivity contribution in [1.29, 1.82) is 0 Å². The number of halogens is 1. The maximum absolute atomic E-state index is 13.2. The number of ether oxygens (including phenoxy) is 1. The lowest BCUT2D eigenvalue weighted by atomic mass is 10.2. The molecule has 32 heavy (non-hydrogen) atoms. The maximum atomic E-state index is 13.2. The van der Waals surface area contributed by atoms with Crippen LogP contribution in [0, 0.1) is 0 Å². The summed E-state index contributed by atoms with van der Waals surface area (Å²) in [6.07, 6.45) is 2.92. The number of guanidine groups is 1. The molecule has 9 heteroatoms. The first-order valence-electron chi connectivity index (χ1n) is 10.8. The number of methoxy groups -OCH3 is 1. The van der Waals surface area contributed by atoms with Crippen LogP contribution in [0.15, 0.2) is 58.4 Å². The molecule has 1 heterocycles. The number of hydrogen-bond donors (Lipinski definition) is 2. The van der Waals surface area contributed by atoms with Gasteiger partial charge in [0.2, 0.25) is 10.0 Å². The molecule has 0 aliphatic carbocycles. The molecule has 0 saturated carbocycles. The summed E-state index contributed by atoms with van der Waals surface area (Å²) in [4.78, 5) is 5.00. The quantitative estimate of drug-likeness (QED) is 0.286. The predicted molar refractivity (Wildman–Crippen MR) is 139 cm³/mol. The van der Waals surface area contributed by atoms with Crippen molar-refractivity contribution in [2.24, 2.45) is 4.99 Å². The number of piperidine rings is 1. The van der Waals surface area contributed by atoms with E-state index in [1.54, 1.807) is 23.5 Å². The average Bonchev–Trinajstić information content (AvgIpc) is 2.81. The monoisotopic (exact) mass is 572 g/mol. The molecule has 2 aromatic carbocycles. The molecule has 0 spiro atoms. The number of nitrogens with one attached hydrogen (secondary N) is 2. The van der Waals surface area contributed by atoms with Gasteiger partial charge in [0.15, 0.2) is 5.96 Å². The molecule has 0 aromatic heterocycles. The van der Waals surface area contributed by atoms with E-state index >= 15 is 0 Å². The Bertz CT molecular complexity index is 992. The maximum Gasteiger partial charge on any atom is 0.243 e. The van der Waals surface area contributed by atoms with Gasteiger partial charge in [-0.2, -0.15) is 4.31 Å². The van der Waals surface area contributed by atoms with E-state index in [0.717, 1.165) is 36.1 Å². The summed E-state index contributed by atoms with van der Waals surface area (Å²) in [5.41, 5.74) is 1.77. The minimum atomic E-state index is -3.50. The zero-order chi connectivity index (χ0) is 22.1. The lowest BCUT2D eigenvalue weighted by molar-refractivity contribution is 0.346. The van der Waals surface area contributed by atoms with Gasteiger partial charge in [-0.25, -0.2) is 13.4 Å². The fourth-order valence-electron chi connectivity index (χ4n) is 3.61. The van der Waals surface area contributed by atoms with Crippen LogP contribution in [0.5, 0.6) is 5.75 Å². The van der Waals surface area contributed by atoms with E-state index in [-0.39, 0.29) is 24.0 Å². The molecule has 0 unspecified atom stereocenters. The largest absolute Gasteiger partial charge is 0.497 e. The van der Waals surface area contributed by atoms with Gasteiger partial charge in [-0.1, -0.05) is 36.8 Å². The van der Waals surface area contributed by atoms with Gasteiger partial charge in [-0.05, 0) is 49.1 Å². The van der Waals surface area contributed by atoms with Crippen LogP contribution in [-0.4, -0.2) is 45.4 Å². The molecular formula is C23H33IN4O3S. The summed E-state index contributed by atoms with van der Waals surface area (Å²) in [6, 6.07) is 15.0. The SMILES string of the molecule is CCNC(=NCc1cccc(OC)c1)NCc1ccccc1S(=O)(=O)N1CCCCC1.I. The summed E-state index contributed by atoms with van der Waals surface area (Å²) >= 11 is 0. The average molecular weight is 573 g/mol. The summed E-state index contributed by atoms with van der Waals surface area (Å²) in [5.74, 6) is 1.43. The third kappa shape index (κ3) is 7.08. The Balaban J connectivity index is 0.00000363. The van der Waals surface area contributed by atoms with E-state index in [0.29, 0.717) is 43.6 Å². The molecule has 1 aliphatic rings. The normalized spacial score (nSPS) is 15.0. The number of nitrogens with zero attached hydrogens (tertiary/aromatic N) is 2. The Morgan fingerprint density at radius 1 is 1.06 bits per heavy atom. The third-order valence-corrected chi connectivity index (χ3v) is 7.25. The second kappa shape index (κ2) is 13.0. The predicted octanol–water partition coefficient (Wildman–Crippen LogP) is 3.74. The highest BCUT2D eigenvalue weighted by atomic mass is 127. The van der Waals surface area contributed by atoms with Gasteiger partial charge in [0.25, 0.3) is 0 Å². The summed E-state index contributed by atoms with van der Waals surface area (Å²) in [6.45, 7) is 4.74. The fraction of sp³-hybridized carbons (Fsp3) is 0.435. The molecule has 0 radical (unpaired) electrons. The van der Waals surface area contributed by atoms with Crippen LogP contribution in [0.25, 0.3) is 0 Å². The molecule has 2 aromatic rings. The first-order chi connectivity index (χ1) is 15.0. The van der Waals surface area contributed by atoms with Crippen LogP contribution >= 0.6 is 24.0 Å². The van der Waals surface area contributed by atoms with E-state index in [2.05, 4.69) is 15.6 Å². The molecule has 0 bridgehead atoms. The van der Waals surface area contributed by atoms with Crippen molar-refractivity contribution in [3.8, 4) is 5.75 Å². The van der Waals surface area contributed by atoms with Crippen LogP contribution in [0.4, 0.5) is 0 Å². The number of hydrogen-bond acceptors (Lipinski definition) is 4. The molecule has 176 valence electrons. The number of benzene rings is 2. The van der Waals surface area contributed by atoms with E-state index in [1.807, 2.05) is 43.3 Å². The van der Waals surface area contributed by atoms with Gasteiger partial charge in [0, 0.05) is 26.2 Å². The lowest BCUT2D eigenvalue weighted by Gasteiger charge is -2.27. The summed E-state index contributed by atoms with van der Waals surface area (Å²) < 4.78 is 33.3. The summed E-state index contributed by atoms with van der Waals surface area (Å²) in [7, 11) is -1.85. The first kappa shape index (κ1) is 26.4. The van der Waals surface area contributed by atoms with Gasteiger partial charge in [-0.15, -0.1) is 24.0 Å². The summed E-state index contributed by atoms with van der Waals surface area (Å²) in [5, 5.41) is 6.50. The van der Waals surface area contributed by atoms with E-state index in [4.69, 9.17) is 4.74 Å². The molecule has 7 nitrogen and oxygen atoms in total. The highest BCUT2D eigenvalue weighted by Crippen LogP contribution is 2.23. The third-order valence-electron chi connectivity index (χ3n) is 5.25. The van der Waals surface area contributed by atoms with E-state index < -0.39 is 10.0 Å². The second-order valence-corrected chi connectivity index (χ2v) is 9.38.